The molecule has 0 unspecified atom stereocenters. The van der Waals surface area contributed by atoms with Crippen LogP contribution in [0.4, 0.5) is 14.9 Å². The maximum absolute atomic E-state index is 13.9. The van der Waals surface area contributed by atoms with E-state index >= 15 is 0 Å². The third-order valence-corrected chi connectivity index (χ3v) is 9.42. The maximum atomic E-state index is 13.9. The Morgan fingerprint density at radius 3 is 2.12 bits per heavy atom. The molecule has 4 amide bonds. The van der Waals surface area contributed by atoms with Crippen LogP contribution in [0.1, 0.15) is 55.2 Å². The normalized spacial score (nSPS) is 27.8. The summed E-state index contributed by atoms with van der Waals surface area (Å²) in [6.07, 6.45) is 9.26. The number of nitrogens with one attached hydrogen (secondary N) is 1. The molecule has 1 N–H and O–H groups in total. The van der Waals surface area contributed by atoms with E-state index in [0.29, 0.717) is 22.6 Å². The first-order valence-corrected chi connectivity index (χ1v) is 14.4. The summed E-state index contributed by atoms with van der Waals surface area (Å²) in [4.78, 5) is 39.9. The summed E-state index contributed by atoms with van der Waals surface area (Å²) in [7, 11) is 0. The molecule has 0 spiro atoms. The third-order valence-electron chi connectivity index (χ3n) is 9.42. The van der Waals surface area contributed by atoms with E-state index in [4.69, 9.17) is 4.74 Å². The van der Waals surface area contributed by atoms with Crippen molar-refractivity contribution in [3.63, 3.8) is 0 Å². The van der Waals surface area contributed by atoms with E-state index < -0.39 is 17.8 Å². The molecular weight excluding hydrogens is 519 g/mol. The minimum Gasteiger partial charge on any atom is -0.489 e. The van der Waals surface area contributed by atoms with Gasteiger partial charge in [0.2, 0.25) is 0 Å². The van der Waals surface area contributed by atoms with E-state index in [0.717, 1.165) is 22.7 Å². The highest BCUT2D eigenvalue weighted by Gasteiger charge is 2.51. The van der Waals surface area contributed by atoms with Gasteiger partial charge >= 0.3 is 6.03 Å². The van der Waals surface area contributed by atoms with Crippen molar-refractivity contribution in [2.75, 3.05) is 4.90 Å². The number of barbiturate groups is 1. The first-order valence-electron chi connectivity index (χ1n) is 14.4. The lowest BCUT2D eigenvalue weighted by Crippen LogP contribution is -2.54. The molecule has 0 radical (unpaired) electrons. The summed E-state index contributed by atoms with van der Waals surface area (Å²) in [5.41, 5.74) is 2.86. The molecule has 1 aliphatic heterocycles. The predicted molar refractivity (Wildman–Crippen MR) is 152 cm³/mol. The van der Waals surface area contributed by atoms with Gasteiger partial charge in [-0.2, -0.15) is 0 Å². The third kappa shape index (κ3) is 4.73. The fraction of sp³-hybridized carbons (Fsp3) is 0.324. The number of carbonyl (C=O) groups excluding carboxylic acids is 3. The molecule has 0 atom stereocenters. The Kier molecular flexibility index (Phi) is 6.25. The average molecular weight is 551 g/mol. The molecule has 3 aromatic rings. The molecular formula is C34H31FN2O4. The van der Waals surface area contributed by atoms with Gasteiger partial charge in [-0.1, -0.05) is 42.5 Å². The van der Waals surface area contributed by atoms with Crippen molar-refractivity contribution in [3.05, 3.63) is 101 Å². The lowest BCUT2D eigenvalue weighted by Gasteiger charge is -2.57. The number of benzene rings is 3. The van der Waals surface area contributed by atoms with Crippen molar-refractivity contribution in [1.29, 1.82) is 0 Å². The number of halogens is 1. The predicted octanol–water partition coefficient (Wildman–Crippen LogP) is 6.54. The molecule has 4 saturated carbocycles. The van der Waals surface area contributed by atoms with Crippen molar-refractivity contribution in [2.45, 2.75) is 50.5 Å². The molecule has 8 rings (SSSR count). The molecule has 4 aliphatic carbocycles. The number of nitrogens with zero attached hydrogens (tertiary/aromatic N) is 1. The Morgan fingerprint density at radius 1 is 0.854 bits per heavy atom. The second-order valence-electron chi connectivity index (χ2n) is 12.2. The molecule has 41 heavy (non-hydrogen) atoms. The van der Waals surface area contributed by atoms with Gasteiger partial charge in [-0.25, -0.2) is 14.1 Å². The van der Waals surface area contributed by atoms with Crippen molar-refractivity contribution in [2.24, 2.45) is 17.8 Å². The van der Waals surface area contributed by atoms with Gasteiger partial charge < -0.3 is 4.74 Å². The number of amides is 4. The van der Waals surface area contributed by atoms with E-state index in [2.05, 4.69) is 17.4 Å². The van der Waals surface area contributed by atoms with Crippen molar-refractivity contribution in [3.8, 4) is 5.75 Å². The van der Waals surface area contributed by atoms with Crippen molar-refractivity contribution < 1.29 is 23.5 Å². The highest BCUT2D eigenvalue weighted by atomic mass is 19.1. The first kappa shape index (κ1) is 25.7. The SMILES string of the molecule is O=C1NC(=O)N(c2ccc(C34CC5CC(CC(C5)C3)C4)cc2)C(=O)/C1=C/c1ccc(OCc2ccccc2F)cc1. The van der Waals surface area contributed by atoms with Gasteiger partial charge in [0.1, 0.15) is 23.7 Å². The summed E-state index contributed by atoms with van der Waals surface area (Å²) >= 11 is 0. The highest BCUT2D eigenvalue weighted by Crippen LogP contribution is 2.60. The fourth-order valence-corrected chi connectivity index (χ4v) is 7.92. The van der Waals surface area contributed by atoms with Crippen LogP contribution in [0, 0.1) is 23.6 Å². The van der Waals surface area contributed by atoms with Crippen LogP contribution in [0.15, 0.2) is 78.4 Å². The highest BCUT2D eigenvalue weighted by molar-refractivity contribution is 6.39. The van der Waals surface area contributed by atoms with E-state index in [1.165, 1.54) is 56.2 Å². The summed E-state index contributed by atoms with van der Waals surface area (Å²) in [6, 6.07) is 20.2. The van der Waals surface area contributed by atoms with E-state index in [9.17, 15) is 18.8 Å². The van der Waals surface area contributed by atoms with Crippen LogP contribution in [-0.2, 0) is 21.6 Å². The van der Waals surface area contributed by atoms with E-state index in [1.54, 1.807) is 42.5 Å². The Bertz CT molecular complexity index is 1530. The van der Waals surface area contributed by atoms with E-state index in [-0.39, 0.29) is 23.4 Å². The zero-order valence-electron chi connectivity index (χ0n) is 22.6. The fourth-order valence-electron chi connectivity index (χ4n) is 7.92. The molecule has 5 aliphatic rings. The monoisotopic (exact) mass is 550 g/mol. The summed E-state index contributed by atoms with van der Waals surface area (Å²) in [5, 5.41) is 2.31. The Balaban J connectivity index is 1.08. The molecule has 1 saturated heterocycles. The van der Waals surface area contributed by atoms with Crippen LogP contribution in [0.2, 0.25) is 0 Å². The molecule has 1 heterocycles. The van der Waals surface area contributed by atoms with Gasteiger partial charge in [0.15, 0.2) is 0 Å². The lowest BCUT2D eigenvalue weighted by molar-refractivity contribution is -0.122. The Labute approximate surface area is 238 Å². The minimum absolute atomic E-state index is 0.0761. The molecule has 7 heteroatoms. The second-order valence-corrected chi connectivity index (χ2v) is 12.2. The molecule has 0 aromatic heterocycles. The molecule has 5 fully saturated rings. The van der Waals surface area contributed by atoms with Gasteiger partial charge in [-0.15, -0.1) is 0 Å². The smallest absolute Gasteiger partial charge is 0.335 e. The van der Waals surface area contributed by atoms with Crippen molar-refractivity contribution in [1.82, 2.24) is 5.32 Å². The summed E-state index contributed by atoms with van der Waals surface area (Å²) in [6.45, 7) is 0.0761. The summed E-state index contributed by atoms with van der Waals surface area (Å²) < 4.78 is 19.5. The van der Waals surface area contributed by atoms with Gasteiger partial charge in [0.25, 0.3) is 11.8 Å². The van der Waals surface area contributed by atoms with Crippen LogP contribution in [-0.4, -0.2) is 17.8 Å². The number of urea groups is 1. The van der Waals surface area contributed by atoms with Gasteiger partial charge in [-0.3, -0.25) is 14.9 Å². The largest absolute Gasteiger partial charge is 0.489 e. The molecule has 208 valence electrons. The number of imide groups is 2. The number of anilines is 1. The number of hydrogen-bond acceptors (Lipinski definition) is 4. The van der Waals surface area contributed by atoms with Crippen molar-refractivity contribution >= 4 is 29.6 Å². The molecule has 3 aromatic carbocycles. The zero-order chi connectivity index (χ0) is 28.1. The number of carbonyl (C=O) groups is 3. The number of ether oxygens (including phenoxy) is 1. The van der Waals surface area contributed by atoms with Gasteiger partial charge in [-0.05, 0) is 109 Å². The topological polar surface area (TPSA) is 75.7 Å². The molecule has 6 nitrogen and oxygen atoms in total. The van der Waals surface area contributed by atoms with Gasteiger partial charge in [0, 0.05) is 5.56 Å². The molecule has 4 bridgehead atoms. The number of hydrogen-bond donors (Lipinski definition) is 1. The lowest BCUT2D eigenvalue weighted by atomic mass is 9.48. The minimum atomic E-state index is -0.753. The van der Waals surface area contributed by atoms with Crippen LogP contribution < -0.4 is 15.0 Å². The second kappa shape index (κ2) is 9.98. The zero-order valence-corrected chi connectivity index (χ0v) is 22.6. The first-order chi connectivity index (χ1) is 19.9. The standard InChI is InChI=1S/C34H31FN2O4/c35-30-4-2-1-3-25(30)20-41-28-11-5-21(6-12-28)16-29-31(38)36-33(40)37(32(29)39)27-9-7-26(8-10-27)34-17-22-13-23(18-34)15-24(14-22)19-34/h1-12,16,22-24H,13-15,17-20H2,(H,36,38,40)/b29-16+. The average Bonchev–Trinajstić information content (AvgIpc) is 2.95. The van der Waals surface area contributed by atoms with Crippen LogP contribution in [0.3, 0.4) is 0 Å². The van der Waals surface area contributed by atoms with E-state index in [1.807, 2.05) is 12.1 Å². The van der Waals surface area contributed by atoms with Crippen LogP contribution in [0.25, 0.3) is 6.08 Å². The maximum Gasteiger partial charge on any atom is 0.335 e. The van der Waals surface area contributed by atoms with Crippen LogP contribution in [0.5, 0.6) is 5.75 Å². The number of rotatable bonds is 6. The summed E-state index contributed by atoms with van der Waals surface area (Å²) in [5.74, 6) is 1.25. The quantitative estimate of drug-likeness (QED) is 0.279. The Morgan fingerprint density at radius 2 is 1.49 bits per heavy atom. The van der Waals surface area contributed by atoms with Crippen LogP contribution >= 0.6 is 0 Å². The Hall–Kier alpha value is -4.26. The van der Waals surface area contributed by atoms with Gasteiger partial charge in [0.05, 0.1) is 5.69 Å².